The first-order chi connectivity index (χ1) is 14.1. The van der Waals surface area contributed by atoms with Gasteiger partial charge in [-0.05, 0) is 36.8 Å². The van der Waals surface area contributed by atoms with Crippen LogP contribution < -0.4 is 9.64 Å². The minimum absolute atomic E-state index is 0.0635. The van der Waals surface area contributed by atoms with Crippen LogP contribution in [-0.4, -0.2) is 30.0 Å². The van der Waals surface area contributed by atoms with E-state index in [-0.39, 0.29) is 30.7 Å². The zero-order valence-electron chi connectivity index (χ0n) is 16.0. The predicted molar refractivity (Wildman–Crippen MR) is 111 cm³/mol. The Bertz CT molecular complexity index is 1000. The van der Waals surface area contributed by atoms with Gasteiger partial charge in [-0.1, -0.05) is 36.0 Å². The second-order valence-corrected chi connectivity index (χ2v) is 7.75. The molecule has 2 aliphatic heterocycles. The van der Waals surface area contributed by atoms with E-state index in [1.807, 2.05) is 36.1 Å². The molecule has 4 rings (SSSR count). The Morgan fingerprint density at radius 2 is 2.00 bits per heavy atom. The average molecular weight is 409 g/mol. The molecule has 2 aromatic rings. The molecule has 5 nitrogen and oxygen atoms in total. The summed E-state index contributed by atoms with van der Waals surface area (Å²) in [6.45, 7) is 2.74. The van der Waals surface area contributed by atoms with E-state index in [1.165, 1.54) is 17.8 Å². The number of anilines is 1. The van der Waals surface area contributed by atoms with Crippen molar-refractivity contribution in [2.24, 2.45) is 0 Å². The predicted octanol–water partition coefficient (Wildman–Crippen LogP) is 4.44. The van der Waals surface area contributed by atoms with Crippen LogP contribution in [0.5, 0.6) is 5.75 Å². The summed E-state index contributed by atoms with van der Waals surface area (Å²) in [6.07, 6.45) is 0.214. The normalized spacial score (nSPS) is 19.1. The lowest BCUT2D eigenvalue weighted by Gasteiger charge is -2.42. The van der Waals surface area contributed by atoms with E-state index in [1.54, 1.807) is 23.1 Å². The lowest BCUT2D eigenvalue weighted by molar-refractivity contribution is -0.129. The number of carbonyl (C=O) groups excluding carboxylic acids is 1. The first kappa shape index (κ1) is 19.3. The van der Waals surface area contributed by atoms with Crippen LogP contribution in [0.1, 0.15) is 24.8 Å². The van der Waals surface area contributed by atoms with E-state index in [0.29, 0.717) is 28.8 Å². The fraction of sp³-hybridized carbons (Fsp3) is 0.273. The molecule has 1 saturated heterocycles. The van der Waals surface area contributed by atoms with Crippen LogP contribution in [0.3, 0.4) is 0 Å². The fourth-order valence-corrected chi connectivity index (χ4v) is 4.83. The number of hydrogen-bond donors (Lipinski definition) is 0. The fourth-order valence-electron chi connectivity index (χ4n) is 3.67. The number of carbonyl (C=O) groups is 1. The minimum Gasteiger partial charge on any atom is -0.494 e. The molecular formula is C22H20FN3O2S. The van der Waals surface area contributed by atoms with Crippen LogP contribution in [-0.2, 0) is 4.79 Å². The van der Waals surface area contributed by atoms with Gasteiger partial charge in [0, 0.05) is 12.3 Å². The number of amides is 1. The Balaban J connectivity index is 1.63. The number of hydrogen-bond acceptors (Lipinski definition) is 5. The zero-order chi connectivity index (χ0) is 20.4. The molecule has 2 heterocycles. The van der Waals surface area contributed by atoms with Gasteiger partial charge in [0.15, 0.2) is 0 Å². The van der Waals surface area contributed by atoms with Crippen molar-refractivity contribution in [1.82, 2.24) is 4.90 Å². The second kappa shape index (κ2) is 8.18. The van der Waals surface area contributed by atoms with Crippen molar-refractivity contribution in [3.8, 4) is 11.8 Å². The van der Waals surface area contributed by atoms with Crippen LogP contribution >= 0.6 is 11.8 Å². The van der Waals surface area contributed by atoms with Gasteiger partial charge in [0.05, 0.1) is 41.5 Å². The molecule has 0 bridgehead atoms. The van der Waals surface area contributed by atoms with Gasteiger partial charge in [-0.25, -0.2) is 4.39 Å². The summed E-state index contributed by atoms with van der Waals surface area (Å²) >= 11 is 1.40. The number of nitriles is 1. The monoisotopic (exact) mass is 409 g/mol. The summed E-state index contributed by atoms with van der Waals surface area (Å²) in [5.41, 5.74) is 1.97. The molecule has 7 heteroatoms. The van der Waals surface area contributed by atoms with E-state index in [2.05, 4.69) is 6.07 Å². The third kappa shape index (κ3) is 3.68. The van der Waals surface area contributed by atoms with Gasteiger partial charge in [-0.3, -0.25) is 9.69 Å². The molecule has 0 aliphatic carbocycles. The van der Waals surface area contributed by atoms with E-state index in [4.69, 9.17) is 4.74 Å². The number of ether oxygens (including phenoxy) is 1. The lowest BCUT2D eigenvalue weighted by atomic mass is 9.86. The summed E-state index contributed by atoms with van der Waals surface area (Å²) in [5, 5.41) is 10.5. The number of halogens is 1. The van der Waals surface area contributed by atoms with E-state index in [0.717, 1.165) is 11.3 Å². The molecule has 29 heavy (non-hydrogen) atoms. The number of allylic oxidation sites excluding steroid dienone is 1. The average Bonchev–Trinajstić information content (AvgIpc) is 2.75. The molecule has 1 atom stereocenters. The maximum atomic E-state index is 14.2. The summed E-state index contributed by atoms with van der Waals surface area (Å²) in [4.78, 5) is 16.3. The standard InChI is InChI=1S/C22H20FN3O2S/c1-2-28-16-9-7-15(8-10-16)17-11-21(27)26-13-25(14-29-22(26)18(17)12-24)20-6-4-3-5-19(20)23/h3-10,17H,2,11,13-14H2,1H3/t17-/m1/s1. The van der Waals surface area contributed by atoms with Crippen molar-refractivity contribution in [1.29, 1.82) is 5.26 Å². The van der Waals surface area contributed by atoms with Gasteiger partial charge >= 0.3 is 0 Å². The lowest BCUT2D eigenvalue weighted by Crippen LogP contribution is -2.47. The van der Waals surface area contributed by atoms with Crippen LogP contribution in [0, 0.1) is 17.1 Å². The first-order valence-electron chi connectivity index (χ1n) is 9.42. The van der Waals surface area contributed by atoms with Crippen LogP contribution in [0.2, 0.25) is 0 Å². The van der Waals surface area contributed by atoms with E-state index >= 15 is 0 Å². The topological polar surface area (TPSA) is 56.6 Å². The van der Waals surface area contributed by atoms with Crippen molar-refractivity contribution in [3.05, 3.63) is 70.5 Å². The molecule has 0 N–H and O–H groups in total. The smallest absolute Gasteiger partial charge is 0.229 e. The maximum Gasteiger partial charge on any atom is 0.229 e. The number of nitrogens with zero attached hydrogens (tertiary/aromatic N) is 3. The highest BCUT2D eigenvalue weighted by molar-refractivity contribution is 8.03. The SMILES string of the molecule is CCOc1ccc([C@H]2CC(=O)N3CN(c4ccccc4F)CSC3=C2C#N)cc1. The molecule has 148 valence electrons. The number of fused-ring (bicyclic) bond motifs is 1. The van der Waals surface area contributed by atoms with Crippen molar-refractivity contribution in [3.63, 3.8) is 0 Å². The number of para-hydroxylation sites is 1. The molecule has 2 aromatic carbocycles. The highest BCUT2D eigenvalue weighted by atomic mass is 32.2. The molecule has 1 fully saturated rings. The number of thioether (sulfide) groups is 1. The van der Waals surface area contributed by atoms with Gasteiger partial charge in [-0.15, -0.1) is 0 Å². The highest BCUT2D eigenvalue weighted by Gasteiger charge is 2.38. The molecule has 0 aromatic heterocycles. The van der Waals surface area contributed by atoms with Gasteiger partial charge in [0.1, 0.15) is 11.6 Å². The van der Waals surface area contributed by atoms with Gasteiger partial charge in [0.2, 0.25) is 5.91 Å². The highest BCUT2D eigenvalue weighted by Crippen LogP contribution is 2.43. The Morgan fingerprint density at radius 3 is 2.69 bits per heavy atom. The number of benzene rings is 2. The van der Waals surface area contributed by atoms with Crippen molar-refractivity contribution < 1.29 is 13.9 Å². The minimum atomic E-state index is -0.322. The van der Waals surface area contributed by atoms with Crippen molar-refractivity contribution in [2.45, 2.75) is 19.3 Å². The Labute approximate surface area is 173 Å². The molecule has 0 spiro atoms. The van der Waals surface area contributed by atoms with Crippen LogP contribution in [0.4, 0.5) is 10.1 Å². The van der Waals surface area contributed by atoms with Crippen LogP contribution in [0.25, 0.3) is 0 Å². The maximum absolute atomic E-state index is 14.2. The number of rotatable bonds is 4. The molecular weight excluding hydrogens is 389 g/mol. The summed E-state index contributed by atoms with van der Waals surface area (Å²) < 4.78 is 19.7. The van der Waals surface area contributed by atoms with E-state index in [9.17, 15) is 14.4 Å². The Morgan fingerprint density at radius 1 is 1.24 bits per heavy atom. The van der Waals surface area contributed by atoms with Gasteiger partial charge in [0.25, 0.3) is 0 Å². The first-order valence-corrected chi connectivity index (χ1v) is 10.4. The molecule has 2 aliphatic rings. The summed E-state index contributed by atoms with van der Waals surface area (Å²) in [5.74, 6) is 0.575. The van der Waals surface area contributed by atoms with Gasteiger partial charge < -0.3 is 9.64 Å². The quantitative estimate of drug-likeness (QED) is 0.747. The molecule has 0 unspecified atom stereocenters. The van der Waals surface area contributed by atoms with Crippen LogP contribution in [0.15, 0.2) is 59.1 Å². The molecule has 0 saturated carbocycles. The van der Waals surface area contributed by atoms with Crippen molar-refractivity contribution in [2.75, 3.05) is 24.1 Å². The second-order valence-electron chi connectivity index (χ2n) is 6.82. The summed E-state index contributed by atoms with van der Waals surface area (Å²) in [6, 6.07) is 16.4. The molecule has 1 amide bonds. The molecule has 0 radical (unpaired) electrons. The third-order valence-electron chi connectivity index (χ3n) is 5.08. The summed E-state index contributed by atoms with van der Waals surface area (Å²) in [7, 11) is 0. The largest absolute Gasteiger partial charge is 0.494 e. The zero-order valence-corrected chi connectivity index (χ0v) is 16.8. The third-order valence-corrected chi connectivity index (χ3v) is 6.23. The Kier molecular flexibility index (Phi) is 5.45. The van der Waals surface area contributed by atoms with Crippen molar-refractivity contribution >= 4 is 23.4 Å². The Hall–Kier alpha value is -2.98. The van der Waals surface area contributed by atoms with E-state index < -0.39 is 0 Å². The van der Waals surface area contributed by atoms with Gasteiger partial charge in [-0.2, -0.15) is 5.26 Å².